The Morgan fingerprint density at radius 1 is 1.31 bits per heavy atom. The fourth-order valence-electron chi connectivity index (χ4n) is 4.11. The van der Waals surface area contributed by atoms with Gasteiger partial charge in [0.2, 0.25) is 5.91 Å². The summed E-state index contributed by atoms with van der Waals surface area (Å²) in [6.45, 7) is 3.13. The molecule has 0 aliphatic carbocycles. The van der Waals surface area contributed by atoms with Crippen molar-refractivity contribution >= 4 is 17.8 Å². The first kappa shape index (κ1) is 19.4. The molecule has 154 valence electrons. The lowest BCUT2D eigenvalue weighted by molar-refractivity contribution is -0.136. The molecule has 8 heteroatoms. The summed E-state index contributed by atoms with van der Waals surface area (Å²) in [5, 5.41) is 5.79. The first-order chi connectivity index (χ1) is 14.0. The molecule has 4 amide bonds. The van der Waals surface area contributed by atoms with Crippen LogP contribution in [0.25, 0.3) is 0 Å². The van der Waals surface area contributed by atoms with Gasteiger partial charge in [-0.25, -0.2) is 4.79 Å². The fourth-order valence-corrected chi connectivity index (χ4v) is 4.11. The normalized spacial score (nSPS) is 25.2. The molecule has 0 saturated carbocycles. The SMILES string of the molecule is C[C@H](C(=O)NC[C@@H]1CCCO1)N1CC2=C(C1=O)[C@@H](c1ccccc1)NC(=O)N2C. The number of nitrogens with one attached hydrogen (secondary N) is 2. The number of hydrogen-bond acceptors (Lipinski definition) is 4. The van der Waals surface area contributed by atoms with Gasteiger partial charge in [-0.15, -0.1) is 0 Å². The van der Waals surface area contributed by atoms with Crippen LogP contribution < -0.4 is 10.6 Å². The third-order valence-electron chi connectivity index (χ3n) is 5.90. The highest BCUT2D eigenvalue weighted by atomic mass is 16.5. The maximum absolute atomic E-state index is 13.3. The Morgan fingerprint density at radius 3 is 2.76 bits per heavy atom. The van der Waals surface area contributed by atoms with Gasteiger partial charge >= 0.3 is 6.03 Å². The van der Waals surface area contributed by atoms with E-state index >= 15 is 0 Å². The molecule has 29 heavy (non-hydrogen) atoms. The molecular weight excluding hydrogens is 372 g/mol. The van der Waals surface area contributed by atoms with E-state index in [9.17, 15) is 14.4 Å². The summed E-state index contributed by atoms with van der Waals surface area (Å²) in [7, 11) is 1.64. The van der Waals surface area contributed by atoms with Crippen LogP contribution >= 0.6 is 0 Å². The van der Waals surface area contributed by atoms with Gasteiger partial charge in [-0.3, -0.25) is 14.5 Å². The molecule has 3 heterocycles. The molecule has 8 nitrogen and oxygen atoms in total. The molecule has 4 rings (SSSR count). The van der Waals surface area contributed by atoms with Crippen LogP contribution in [0.3, 0.4) is 0 Å². The average Bonchev–Trinajstić information content (AvgIpc) is 3.37. The summed E-state index contributed by atoms with van der Waals surface area (Å²) in [6, 6.07) is 7.98. The highest BCUT2D eigenvalue weighted by Gasteiger charge is 2.45. The zero-order valence-corrected chi connectivity index (χ0v) is 16.7. The number of hydrogen-bond donors (Lipinski definition) is 2. The predicted octanol–water partition coefficient (Wildman–Crippen LogP) is 1.16. The first-order valence-electron chi connectivity index (χ1n) is 10.00. The van der Waals surface area contributed by atoms with Crippen LogP contribution in [0.1, 0.15) is 31.4 Å². The Labute approximate surface area is 169 Å². The lowest BCUT2D eigenvalue weighted by Crippen LogP contribution is -2.48. The number of nitrogens with zero attached hydrogens (tertiary/aromatic N) is 2. The van der Waals surface area contributed by atoms with E-state index in [0.717, 1.165) is 25.0 Å². The molecule has 0 unspecified atom stereocenters. The standard InChI is InChI=1S/C21H26N4O4/c1-13(19(26)22-11-15-9-6-10-29-15)25-12-16-17(20(25)27)18(23-21(28)24(16)2)14-7-4-3-5-8-14/h3-5,7-8,13,15,18H,6,9-12H2,1-2H3,(H,22,26)(H,23,28)/t13-,15+,18-/m1/s1. The van der Waals surface area contributed by atoms with E-state index in [0.29, 0.717) is 17.8 Å². The topological polar surface area (TPSA) is 91.0 Å². The van der Waals surface area contributed by atoms with Gasteiger partial charge in [0.25, 0.3) is 5.91 Å². The molecule has 3 aliphatic rings. The summed E-state index contributed by atoms with van der Waals surface area (Å²) in [4.78, 5) is 41.4. The van der Waals surface area contributed by atoms with E-state index in [-0.39, 0.29) is 30.5 Å². The van der Waals surface area contributed by atoms with E-state index in [1.54, 1.807) is 14.0 Å². The fraction of sp³-hybridized carbons (Fsp3) is 0.476. The van der Waals surface area contributed by atoms with E-state index in [4.69, 9.17) is 4.74 Å². The van der Waals surface area contributed by atoms with Crippen LogP contribution in [0.5, 0.6) is 0 Å². The molecule has 1 fully saturated rings. The quantitative estimate of drug-likeness (QED) is 0.779. The molecule has 3 atom stereocenters. The minimum atomic E-state index is -0.644. The van der Waals surface area contributed by atoms with Gasteiger partial charge in [-0.05, 0) is 25.3 Å². The number of carbonyl (C=O) groups excluding carboxylic acids is 3. The molecule has 3 aliphatic heterocycles. The maximum atomic E-state index is 13.3. The lowest BCUT2D eigenvalue weighted by Gasteiger charge is -2.31. The van der Waals surface area contributed by atoms with Crippen LogP contribution in [0.4, 0.5) is 4.79 Å². The summed E-state index contributed by atoms with van der Waals surface area (Å²) in [5.74, 6) is -0.438. The summed E-state index contributed by atoms with van der Waals surface area (Å²) in [6.07, 6.45) is 1.98. The number of rotatable bonds is 5. The largest absolute Gasteiger partial charge is 0.376 e. The highest BCUT2D eigenvalue weighted by Crippen LogP contribution is 2.36. The number of carbonyl (C=O) groups is 3. The van der Waals surface area contributed by atoms with Crippen molar-refractivity contribution in [1.29, 1.82) is 0 Å². The van der Waals surface area contributed by atoms with Crippen LogP contribution in [0, 0.1) is 0 Å². The van der Waals surface area contributed by atoms with E-state index in [1.807, 2.05) is 30.3 Å². The molecule has 1 aromatic carbocycles. The van der Waals surface area contributed by atoms with Crippen molar-refractivity contribution in [1.82, 2.24) is 20.4 Å². The third kappa shape index (κ3) is 3.60. The number of ether oxygens (including phenoxy) is 1. The van der Waals surface area contributed by atoms with Crippen molar-refractivity contribution in [3.63, 3.8) is 0 Å². The second-order valence-corrected chi connectivity index (χ2v) is 7.70. The van der Waals surface area contributed by atoms with Crippen molar-refractivity contribution in [2.24, 2.45) is 0 Å². The second kappa shape index (κ2) is 7.87. The highest BCUT2D eigenvalue weighted by molar-refractivity contribution is 6.03. The van der Waals surface area contributed by atoms with Gasteiger partial charge in [-0.2, -0.15) is 0 Å². The molecule has 0 spiro atoms. The van der Waals surface area contributed by atoms with E-state index < -0.39 is 12.1 Å². The summed E-state index contributed by atoms with van der Waals surface area (Å²) < 4.78 is 5.54. The molecular formula is C21H26N4O4. The second-order valence-electron chi connectivity index (χ2n) is 7.70. The van der Waals surface area contributed by atoms with Crippen LogP contribution in [-0.2, 0) is 14.3 Å². The predicted molar refractivity (Wildman–Crippen MR) is 106 cm³/mol. The first-order valence-corrected chi connectivity index (χ1v) is 10.00. The molecule has 0 bridgehead atoms. The minimum absolute atomic E-state index is 0.0437. The van der Waals surface area contributed by atoms with E-state index in [2.05, 4.69) is 10.6 Å². The molecule has 0 aromatic heterocycles. The molecule has 1 saturated heterocycles. The van der Waals surface area contributed by atoms with Gasteiger partial charge in [0.1, 0.15) is 6.04 Å². The number of amides is 4. The van der Waals surface area contributed by atoms with Crippen LogP contribution in [0.15, 0.2) is 41.6 Å². The van der Waals surface area contributed by atoms with Gasteiger partial charge < -0.3 is 20.3 Å². The van der Waals surface area contributed by atoms with E-state index in [1.165, 1.54) is 9.80 Å². The Kier molecular flexibility index (Phi) is 5.27. The molecule has 1 aromatic rings. The lowest BCUT2D eigenvalue weighted by atomic mass is 9.96. The Bertz CT molecular complexity index is 847. The van der Waals surface area contributed by atoms with Crippen molar-refractivity contribution in [2.45, 2.75) is 38.0 Å². The van der Waals surface area contributed by atoms with Gasteiger partial charge in [0.05, 0.1) is 30.0 Å². The summed E-state index contributed by atoms with van der Waals surface area (Å²) >= 11 is 0. The van der Waals surface area contributed by atoms with Crippen LogP contribution in [0.2, 0.25) is 0 Å². The Hall–Kier alpha value is -2.87. The molecule has 0 radical (unpaired) electrons. The minimum Gasteiger partial charge on any atom is -0.376 e. The van der Waals surface area contributed by atoms with Crippen molar-refractivity contribution < 1.29 is 19.1 Å². The average molecular weight is 398 g/mol. The third-order valence-corrected chi connectivity index (χ3v) is 5.90. The van der Waals surface area contributed by atoms with Gasteiger partial charge in [0, 0.05) is 20.2 Å². The van der Waals surface area contributed by atoms with Crippen molar-refractivity contribution in [3.8, 4) is 0 Å². The Morgan fingerprint density at radius 2 is 2.07 bits per heavy atom. The van der Waals surface area contributed by atoms with Gasteiger partial charge in [0.15, 0.2) is 0 Å². The number of likely N-dealkylation sites (N-methyl/N-ethyl adjacent to an activating group) is 1. The van der Waals surface area contributed by atoms with Crippen LogP contribution in [-0.4, -0.2) is 66.5 Å². The monoisotopic (exact) mass is 398 g/mol. The van der Waals surface area contributed by atoms with Gasteiger partial charge in [-0.1, -0.05) is 30.3 Å². The smallest absolute Gasteiger partial charge is 0.322 e. The molecule has 2 N–H and O–H groups in total. The maximum Gasteiger partial charge on any atom is 0.322 e. The van der Waals surface area contributed by atoms with Crippen molar-refractivity contribution in [3.05, 3.63) is 47.2 Å². The summed E-state index contributed by atoms with van der Waals surface area (Å²) in [5.41, 5.74) is 2.01. The Balaban J connectivity index is 1.51. The number of urea groups is 1. The van der Waals surface area contributed by atoms with Crippen molar-refractivity contribution in [2.75, 3.05) is 26.7 Å². The zero-order valence-electron chi connectivity index (χ0n) is 16.7. The number of benzene rings is 1. The zero-order chi connectivity index (χ0) is 20.5.